The third-order valence-corrected chi connectivity index (χ3v) is 4.51. The lowest BCUT2D eigenvalue weighted by Gasteiger charge is -2.18. The summed E-state index contributed by atoms with van der Waals surface area (Å²) in [5, 5.41) is 7.34. The van der Waals surface area contributed by atoms with Crippen molar-refractivity contribution in [2.45, 2.75) is 0 Å². The largest absolute Gasteiger partial charge is 0.493 e. The maximum Gasteiger partial charge on any atom is 0.216 e. The molecular formula is C22H22N4O4. The Kier molecular flexibility index (Phi) is 5.56. The maximum atomic E-state index is 6.06. The summed E-state index contributed by atoms with van der Waals surface area (Å²) in [6.07, 6.45) is 3.50. The molecule has 2 heterocycles. The topological polar surface area (TPSA) is 86.2 Å². The van der Waals surface area contributed by atoms with Crippen LogP contribution in [0, 0.1) is 0 Å². The van der Waals surface area contributed by atoms with Crippen molar-refractivity contribution in [3.8, 4) is 23.0 Å². The second kappa shape index (κ2) is 8.60. The Bertz CT molecular complexity index is 1100. The van der Waals surface area contributed by atoms with Crippen LogP contribution in [0.2, 0.25) is 0 Å². The van der Waals surface area contributed by atoms with E-state index < -0.39 is 0 Å². The molecule has 0 saturated carbocycles. The number of hydrogen-bond donors (Lipinski definition) is 2. The molecule has 154 valence electrons. The van der Waals surface area contributed by atoms with Gasteiger partial charge in [-0.2, -0.15) is 4.99 Å². The van der Waals surface area contributed by atoms with Crippen LogP contribution in [0.1, 0.15) is 0 Å². The number of nitrogens with zero attached hydrogens (tertiary/aromatic N) is 2. The second-order valence-electron chi connectivity index (χ2n) is 6.38. The molecule has 1 aliphatic rings. The summed E-state index contributed by atoms with van der Waals surface area (Å²) in [7, 11) is 4.72. The first-order valence-electron chi connectivity index (χ1n) is 9.31. The van der Waals surface area contributed by atoms with Gasteiger partial charge < -0.3 is 29.6 Å². The average Bonchev–Trinajstić information content (AvgIpc) is 2.79. The van der Waals surface area contributed by atoms with Crippen molar-refractivity contribution >= 4 is 22.5 Å². The first-order chi connectivity index (χ1) is 14.7. The first kappa shape index (κ1) is 19.4. The van der Waals surface area contributed by atoms with Crippen LogP contribution >= 0.6 is 0 Å². The number of pyridine rings is 1. The van der Waals surface area contributed by atoms with E-state index in [2.05, 4.69) is 20.6 Å². The Morgan fingerprint density at radius 3 is 2.43 bits per heavy atom. The average molecular weight is 406 g/mol. The molecule has 0 fully saturated rings. The number of anilines is 1. The van der Waals surface area contributed by atoms with Crippen molar-refractivity contribution in [1.29, 1.82) is 0 Å². The van der Waals surface area contributed by atoms with Crippen LogP contribution in [0.5, 0.6) is 23.0 Å². The van der Waals surface area contributed by atoms with Gasteiger partial charge in [0.1, 0.15) is 11.6 Å². The third-order valence-electron chi connectivity index (χ3n) is 4.51. The lowest BCUT2D eigenvalue weighted by atomic mass is 10.2. The number of benzene rings is 2. The van der Waals surface area contributed by atoms with Gasteiger partial charge in [0.2, 0.25) is 11.6 Å². The summed E-state index contributed by atoms with van der Waals surface area (Å²) in [6, 6.07) is 13.3. The van der Waals surface area contributed by atoms with E-state index in [1.807, 2.05) is 42.5 Å². The van der Waals surface area contributed by atoms with Crippen LogP contribution in [-0.4, -0.2) is 38.8 Å². The SMILES string of the molecule is COc1cc(NC2=CNCC(Oc3ccnc4ccccc34)=N2)cc(OC)c1OC. The Labute approximate surface area is 174 Å². The minimum Gasteiger partial charge on any atom is -0.493 e. The molecule has 0 amide bonds. The highest BCUT2D eigenvalue weighted by Crippen LogP contribution is 2.40. The molecule has 0 bridgehead atoms. The fourth-order valence-corrected chi connectivity index (χ4v) is 3.15. The molecule has 2 N–H and O–H groups in total. The molecule has 0 spiro atoms. The van der Waals surface area contributed by atoms with Crippen LogP contribution in [0.3, 0.4) is 0 Å². The van der Waals surface area contributed by atoms with E-state index in [-0.39, 0.29) is 0 Å². The lowest BCUT2D eigenvalue weighted by molar-refractivity contribution is 0.324. The van der Waals surface area contributed by atoms with Gasteiger partial charge in [0, 0.05) is 35.6 Å². The smallest absolute Gasteiger partial charge is 0.216 e. The van der Waals surface area contributed by atoms with E-state index in [1.165, 1.54) is 0 Å². The van der Waals surface area contributed by atoms with E-state index in [1.54, 1.807) is 33.7 Å². The number of aliphatic imine (C=N–C) groups is 1. The predicted octanol–water partition coefficient (Wildman–Crippen LogP) is 3.55. The summed E-state index contributed by atoms with van der Waals surface area (Å²) in [5.74, 6) is 3.45. The van der Waals surface area contributed by atoms with Gasteiger partial charge in [0.15, 0.2) is 11.5 Å². The number of hydrogen-bond acceptors (Lipinski definition) is 8. The minimum atomic E-state index is 0.469. The number of aromatic nitrogens is 1. The van der Waals surface area contributed by atoms with Crippen molar-refractivity contribution in [2.75, 3.05) is 33.2 Å². The fourth-order valence-electron chi connectivity index (χ4n) is 3.15. The van der Waals surface area contributed by atoms with Gasteiger partial charge in [-0.05, 0) is 18.2 Å². The van der Waals surface area contributed by atoms with Gasteiger partial charge in [-0.1, -0.05) is 12.1 Å². The Balaban J connectivity index is 1.57. The number of methoxy groups -OCH3 is 3. The molecule has 4 rings (SSSR count). The predicted molar refractivity (Wildman–Crippen MR) is 116 cm³/mol. The minimum absolute atomic E-state index is 0.469. The van der Waals surface area contributed by atoms with Crippen LogP contribution in [-0.2, 0) is 0 Å². The Morgan fingerprint density at radius 2 is 1.70 bits per heavy atom. The lowest BCUT2D eigenvalue weighted by Crippen LogP contribution is -2.28. The zero-order valence-corrected chi connectivity index (χ0v) is 16.9. The summed E-state index contributed by atoms with van der Waals surface area (Å²) in [6.45, 7) is 0.469. The second-order valence-corrected chi connectivity index (χ2v) is 6.38. The molecule has 1 aromatic heterocycles. The molecule has 8 nitrogen and oxygen atoms in total. The van der Waals surface area contributed by atoms with Gasteiger partial charge in [-0.3, -0.25) is 4.98 Å². The standard InChI is InChI=1S/C22H22N4O4/c1-27-18-10-14(11-19(28-2)22(18)29-3)25-20-12-23-13-21(26-20)30-17-8-9-24-16-7-5-4-6-15(16)17/h4-12,23,25H,13H2,1-3H3. The molecule has 30 heavy (non-hydrogen) atoms. The van der Waals surface area contributed by atoms with Crippen LogP contribution in [0.15, 0.2) is 65.7 Å². The number of fused-ring (bicyclic) bond motifs is 1. The van der Waals surface area contributed by atoms with Gasteiger partial charge in [0.05, 0.1) is 33.4 Å². The van der Waals surface area contributed by atoms with E-state index >= 15 is 0 Å². The van der Waals surface area contributed by atoms with Crippen molar-refractivity contribution in [1.82, 2.24) is 10.3 Å². The summed E-state index contributed by atoms with van der Waals surface area (Å²) >= 11 is 0. The van der Waals surface area contributed by atoms with Crippen LogP contribution < -0.4 is 29.6 Å². The highest BCUT2D eigenvalue weighted by atomic mass is 16.5. The van der Waals surface area contributed by atoms with Crippen LogP contribution in [0.25, 0.3) is 10.9 Å². The van der Waals surface area contributed by atoms with E-state index in [4.69, 9.17) is 18.9 Å². The monoisotopic (exact) mass is 406 g/mol. The van der Waals surface area contributed by atoms with Crippen molar-refractivity contribution < 1.29 is 18.9 Å². The third kappa shape index (κ3) is 3.93. The fraction of sp³-hybridized carbons (Fsp3) is 0.182. The normalized spacial score (nSPS) is 13.0. The molecule has 0 atom stereocenters. The molecule has 8 heteroatoms. The van der Waals surface area contributed by atoms with E-state index in [0.29, 0.717) is 41.3 Å². The Hall–Kier alpha value is -3.94. The van der Waals surface area contributed by atoms with Gasteiger partial charge in [-0.25, -0.2) is 0 Å². The van der Waals surface area contributed by atoms with Crippen molar-refractivity contribution in [2.24, 2.45) is 4.99 Å². The number of nitrogens with one attached hydrogen (secondary N) is 2. The highest BCUT2D eigenvalue weighted by molar-refractivity contribution is 5.90. The van der Waals surface area contributed by atoms with Crippen LogP contribution in [0.4, 0.5) is 5.69 Å². The zero-order chi connectivity index (χ0) is 20.9. The van der Waals surface area contributed by atoms with E-state index in [9.17, 15) is 0 Å². The molecule has 2 aromatic carbocycles. The summed E-state index contributed by atoms with van der Waals surface area (Å²) in [4.78, 5) is 8.94. The molecule has 0 unspecified atom stereocenters. The highest BCUT2D eigenvalue weighted by Gasteiger charge is 2.16. The molecular weight excluding hydrogens is 384 g/mol. The molecule has 0 aliphatic carbocycles. The van der Waals surface area contributed by atoms with Crippen molar-refractivity contribution in [3.63, 3.8) is 0 Å². The maximum absolute atomic E-state index is 6.06. The van der Waals surface area contributed by atoms with Gasteiger partial charge >= 0.3 is 0 Å². The molecule has 0 radical (unpaired) electrons. The zero-order valence-electron chi connectivity index (χ0n) is 16.9. The van der Waals surface area contributed by atoms with Crippen molar-refractivity contribution in [3.05, 3.63) is 60.7 Å². The molecule has 0 saturated heterocycles. The van der Waals surface area contributed by atoms with E-state index in [0.717, 1.165) is 16.6 Å². The summed E-state index contributed by atoms with van der Waals surface area (Å²) in [5.41, 5.74) is 1.60. The Morgan fingerprint density at radius 1 is 0.933 bits per heavy atom. The quantitative estimate of drug-likeness (QED) is 0.647. The number of rotatable bonds is 6. The molecule has 3 aromatic rings. The molecule has 1 aliphatic heterocycles. The summed E-state index contributed by atoms with van der Waals surface area (Å²) < 4.78 is 22.2. The number of ether oxygens (including phenoxy) is 4. The number of para-hydroxylation sites is 1. The van der Waals surface area contributed by atoms with Gasteiger partial charge in [-0.15, -0.1) is 0 Å². The first-order valence-corrected chi connectivity index (χ1v) is 9.31. The van der Waals surface area contributed by atoms with Gasteiger partial charge in [0.25, 0.3) is 0 Å².